The third kappa shape index (κ3) is 1.47. The van der Waals surface area contributed by atoms with Crippen LogP contribution >= 0.6 is 0 Å². The van der Waals surface area contributed by atoms with Gasteiger partial charge in [0.15, 0.2) is 0 Å². The zero-order valence-electron chi connectivity index (χ0n) is 10.1. The predicted octanol–water partition coefficient (Wildman–Crippen LogP) is 1.51. The van der Waals surface area contributed by atoms with Crippen molar-refractivity contribution in [3.63, 3.8) is 0 Å². The fourth-order valence-corrected chi connectivity index (χ4v) is 3.08. The number of nitrogens with two attached hydrogens (primary N) is 1. The van der Waals surface area contributed by atoms with Crippen LogP contribution in [0.5, 0.6) is 0 Å². The maximum atomic E-state index is 6.16. The van der Waals surface area contributed by atoms with Crippen LogP contribution in [0.1, 0.15) is 12.8 Å². The average molecular weight is 244 g/mol. The van der Waals surface area contributed by atoms with Crippen LogP contribution < -0.4 is 10.6 Å². The average Bonchev–Trinajstić information content (AvgIpc) is 2.94. The van der Waals surface area contributed by atoms with Crippen LogP contribution in [0.4, 0.5) is 11.4 Å². The third-order valence-electron chi connectivity index (χ3n) is 3.97. The molecule has 2 bridgehead atoms. The van der Waals surface area contributed by atoms with Gasteiger partial charge in [0.2, 0.25) is 0 Å². The van der Waals surface area contributed by atoms with Crippen molar-refractivity contribution < 1.29 is 4.74 Å². The van der Waals surface area contributed by atoms with Crippen LogP contribution in [-0.4, -0.2) is 35.5 Å². The second kappa shape index (κ2) is 3.62. The van der Waals surface area contributed by atoms with Gasteiger partial charge in [0.1, 0.15) is 0 Å². The van der Waals surface area contributed by atoms with E-state index in [1.165, 1.54) is 12.8 Å². The fourth-order valence-electron chi connectivity index (χ4n) is 3.08. The number of hydrogen-bond donors (Lipinski definition) is 2. The summed E-state index contributed by atoms with van der Waals surface area (Å²) in [6, 6.07) is 4.09. The van der Waals surface area contributed by atoms with Gasteiger partial charge in [0.25, 0.3) is 0 Å². The first-order chi connectivity index (χ1) is 8.79. The van der Waals surface area contributed by atoms with Crippen LogP contribution in [0.15, 0.2) is 18.3 Å². The maximum absolute atomic E-state index is 6.16. The molecule has 2 fully saturated rings. The number of anilines is 2. The molecule has 3 heterocycles. The molecule has 2 aromatic rings. The zero-order chi connectivity index (χ0) is 12.1. The smallest absolute Gasteiger partial charge is 0.0755 e. The molecule has 0 aliphatic carbocycles. The van der Waals surface area contributed by atoms with E-state index in [0.29, 0.717) is 12.2 Å². The number of morpholine rings is 1. The Labute approximate surface area is 105 Å². The first-order valence-electron chi connectivity index (χ1n) is 6.42. The number of nitrogen functional groups attached to an aromatic ring is 1. The molecule has 2 aliphatic heterocycles. The summed E-state index contributed by atoms with van der Waals surface area (Å²) in [6.07, 6.45) is 4.90. The normalized spacial score (nSPS) is 27.0. The van der Waals surface area contributed by atoms with Crippen LogP contribution in [-0.2, 0) is 4.74 Å². The molecule has 1 aromatic heterocycles. The van der Waals surface area contributed by atoms with E-state index in [2.05, 4.69) is 21.2 Å². The molecule has 1 aromatic carbocycles. The fraction of sp³-hybridized carbons (Fsp3) is 0.462. The van der Waals surface area contributed by atoms with E-state index in [1.807, 2.05) is 6.07 Å². The molecule has 0 spiro atoms. The van der Waals surface area contributed by atoms with Gasteiger partial charge in [-0.15, -0.1) is 0 Å². The molecule has 3 N–H and O–H groups in total. The summed E-state index contributed by atoms with van der Waals surface area (Å²) in [7, 11) is 0. The van der Waals surface area contributed by atoms with Crippen molar-refractivity contribution in [2.45, 2.75) is 25.0 Å². The van der Waals surface area contributed by atoms with Gasteiger partial charge < -0.3 is 15.4 Å². The van der Waals surface area contributed by atoms with E-state index in [9.17, 15) is 0 Å². The number of H-pyrrole nitrogens is 1. The van der Waals surface area contributed by atoms with Gasteiger partial charge in [0.05, 0.1) is 35.3 Å². The van der Waals surface area contributed by atoms with Crippen molar-refractivity contribution in [2.24, 2.45) is 0 Å². The first kappa shape index (κ1) is 10.2. The molecule has 18 heavy (non-hydrogen) atoms. The molecule has 2 saturated heterocycles. The number of nitrogens with zero attached hydrogens (tertiary/aromatic N) is 2. The summed E-state index contributed by atoms with van der Waals surface area (Å²) >= 11 is 0. The highest BCUT2D eigenvalue weighted by Gasteiger charge is 2.34. The Hall–Kier alpha value is -1.75. The van der Waals surface area contributed by atoms with E-state index in [4.69, 9.17) is 10.5 Å². The number of rotatable bonds is 1. The Morgan fingerprint density at radius 2 is 2.06 bits per heavy atom. The number of fused-ring (bicyclic) bond motifs is 3. The highest BCUT2D eigenvalue weighted by Crippen LogP contribution is 2.34. The Morgan fingerprint density at radius 1 is 1.28 bits per heavy atom. The number of aromatic nitrogens is 2. The van der Waals surface area contributed by atoms with Gasteiger partial charge in [-0.3, -0.25) is 5.10 Å². The monoisotopic (exact) mass is 244 g/mol. The first-order valence-corrected chi connectivity index (χ1v) is 6.42. The summed E-state index contributed by atoms with van der Waals surface area (Å²) in [5.41, 5.74) is 9.13. The molecule has 5 nitrogen and oxygen atoms in total. The van der Waals surface area contributed by atoms with Gasteiger partial charge in [-0.05, 0) is 25.0 Å². The number of nitrogens with one attached hydrogen (secondary N) is 1. The van der Waals surface area contributed by atoms with Crippen molar-refractivity contribution in [1.29, 1.82) is 0 Å². The molecule has 4 rings (SSSR count). The molecule has 2 atom stereocenters. The molecule has 94 valence electrons. The molecular weight excluding hydrogens is 228 g/mol. The molecule has 0 saturated carbocycles. The maximum Gasteiger partial charge on any atom is 0.0755 e. The third-order valence-corrected chi connectivity index (χ3v) is 3.97. The van der Waals surface area contributed by atoms with Gasteiger partial charge in [0, 0.05) is 18.5 Å². The van der Waals surface area contributed by atoms with Crippen molar-refractivity contribution >= 4 is 22.3 Å². The molecule has 0 radical (unpaired) electrons. The van der Waals surface area contributed by atoms with Crippen molar-refractivity contribution in [3.05, 3.63) is 18.3 Å². The number of aromatic amines is 1. The minimum atomic E-state index is 0.376. The van der Waals surface area contributed by atoms with Crippen molar-refractivity contribution in [1.82, 2.24) is 10.2 Å². The lowest BCUT2D eigenvalue weighted by atomic mass is 10.1. The molecule has 2 aliphatic rings. The number of benzene rings is 1. The standard InChI is InChI=1S/C13H16N4O/c14-11-3-8-5-15-16-12(8)4-13(11)17-6-9-1-2-10(7-17)18-9/h3-5,9-10H,1-2,6-7,14H2,(H,15,16). The van der Waals surface area contributed by atoms with E-state index < -0.39 is 0 Å². The van der Waals surface area contributed by atoms with Crippen molar-refractivity contribution in [3.8, 4) is 0 Å². The summed E-state index contributed by atoms with van der Waals surface area (Å²) in [5.74, 6) is 0. The largest absolute Gasteiger partial charge is 0.397 e. The van der Waals surface area contributed by atoms with E-state index in [-0.39, 0.29) is 0 Å². The second-order valence-electron chi connectivity index (χ2n) is 5.23. The summed E-state index contributed by atoms with van der Waals surface area (Å²) in [6.45, 7) is 1.89. The predicted molar refractivity (Wildman–Crippen MR) is 70.6 cm³/mol. The Morgan fingerprint density at radius 3 is 2.83 bits per heavy atom. The second-order valence-corrected chi connectivity index (χ2v) is 5.23. The Kier molecular flexibility index (Phi) is 2.05. The SMILES string of the molecule is Nc1cc2cn[nH]c2cc1N1CC2CCC(C1)O2. The molecule has 0 amide bonds. The quantitative estimate of drug-likeness (QED) is 0.746. The van der Waals surface area contributed by atoms with Crippen LogP contribution in [0.25, 0.3) is 10.9 Å². The zero-order valence-corrected chi connectivity index (χ0v) is 10.1. The van der Waals surface area contributed by atoms with Gasteiger partial charge in [-0.1, -0.05) is 0 Å². The molecular formula is C13H16N4O. The summed E-state index contributed by atoms with van der Waals surface area (Å²) in [4.78, 5) is 2.35. The lowest BCUT2D eigenvalue weighted by molar-refractivity contribution is 0.0305. The lowest BCUT2D eigenvalue weighted by Gasteiger charge is -2.34. The minimum absolute atomic E-state index is 0.376. The minimum Gasteiger partial charge on any atom is -0.397 e. The lowest BCUT2D eigenvalue weighted by Crippen LogP contribution is -2.42. The van der Waals surface area contributed by atoms with Crippen LogP contribution in [0, 0.1) is 0 Å². The number of ether oxygens (including phenoxy) is 1. The Balaban J connectivity index is 1.75. The Bertz CT molecular complexity index is 582. The number of hydrogen-bond acceptors (Lipinski definition) is 4. The van der Waals surface area contributed by atoms with E-state index >= 15 is 0 Å². The van der Waals surface area contributed by atoms with Gasteiger partial charge in [-0.2, -0.15) is 5.10 Å². The molecule has 5 heteroatoms. The molecule has 2 unspecified atom stereocenters. The highest BCUT2D eigenvalue weighted by atomic mass is 16.5. The summed E-state index contributed by atoms with van der Waals surface area (Å²) < 4.78 is 5.86. The van der Waals surface area contributed by atoms with Gasteiger partial charge >= 0.3 is 0 Å². The topological polar surface area (TPSA) is 67.2 Å². The van der Waals surface area contributed by atoms with Gasteiger partial charge in [-0.25, -0.2) is 0 Å². The summed E-state index contributed by atoms with van der Waals surface area (Å²) in [5, 5.41) is 8.11. The van der Waals surface area contributed by atoms with Crippen LogP contribution in [0.3, 0.4) is 0 Å². The van der Waals surface area contributed by atoms with E-state index in [0.717, 1.165) is 35.4 Å². The highest BCUT2D eigenvalue weighted by molar-refractivity contribution is 5.89. The van der Waals surface area contributed by atoms with Crippen molar-refractivity contribution in [2.75, 3.05) is 23.7 Å². The van der Waals surface area contributed by atoms with Crippen LogP contribution in [0.2, 0.25) is 0 Å². The van der Waals surface area contributed by atoms with E-state index in [1.54, 1.807) is 6.20 Å².